The molecule has 112 valence electrons. The van der Waals surface area contributed by atoms with Gasteiger partial charge in [-0.15, -0.1) is 0 Å². The lowest BCUT2D eigenvalue weighted by Crippen LogP contribution is -2.13. The molecule has 0 spiro atoms. The average molecular weight is 290 g/mol. The zero-order valence-corrected chi connectivity index (χ0v) is 12.9. The second-order valence-electron chi connectivity index (χ2n) is 6.00. The van der Waals surface area contributed by atoms with E-state index in [1.807, 2.05) is 30.4 Å². The molecule has 0 aliphatic heterocycles. The van der Waals surface area contributed by atoms with E-state index in [9.17, 15) is 0 Å². The molecule has 1 fully saturated rings. The summed E-state index contributed by atoms with van der Waals surface area (Å²) in [6.45, 7) is 0. The molecule has 2 nitrogen and oxygen atoms in total. The molecule has 1 aromatic rings. The number of nitriles is 2. The first-order valence-corrected chi connectivity index (χ1v) is 8.04. The molecule has 22 heavy (non-hydrogen) atoms. The Bertz CT molecular complexity index is 588. The van der Waals surface area contributed by atoms with E-state index in [1.165, 1.54) is 43.7 Å². The van der Waals surface area contributed by atoms with Gasteiger partial charge < -0.3 is 0 Å². The largest absolute Gasteiger partial charge is 0.193 e. The highest BCUT2D eigenvalue weighted by atomic mass is 14.2. The Morgan fingerprint density at radius 1 is 1.00 bits per heavy atom. The Morgan fingerprint density at radius 3 is 2.36 bits per heavy atom. The molecule has 0 heterocycles. The average Bonchev–Trinajstić information content (AvgIpc) is 2.58. The van der Waals surface area contributed by atoms with E-state index in [4.69, 9.17) is 10.5 Å². The van der Waals surface area contributed by atoms with Gasteiger partial charge >= 0.3 is 0 Å². The number of hydrogen-bond donors (Lipinski definition) is 0. The number of rotatable bonds is 5. The topological polar surface area (TPSA) is 47.6 Å². The van der Waals surface area contributed by atoms with Crippen molar-refractivity contribution in [3.05, 3.63) is 59.7 Å². The van der Waals surface area contributed by atoms with Crippen LogP contribution in [0.1, 0.15) is 43.2 Å². The van der Waals surface area contributed by atoms with Crippen LogP contribution in [0.3, 0.4) is 0 Å². The lowest BCUT2D eigenvalue weighted by Gasteiger charge is -2.26. The summed E-state index contributed by atoms with van der Waals surface area (Å²) < 4.78 is 0. The Kier molecular flexibility index (Phi) is 6.46. The molecule has 1 aliphatic rings. The quantitative estimate of drug-likeness (QED) is 0.570. The van der Waals surface area contributed by atoms with Crippen LogP contribution in [-0.2, 0) is 6.42 Å². The minimum absolute atomic E-state index is 0.675. The van der Waals surface area contributed by atoms with E-state index in [-0.39, 0.29) is 0 Å². The van der Waals surface area contributed by atoms with Gasteiger partial charge in [-0.05, 0) is 68.1 Å². The van der Waals surface area contributed by atoms with Crippen LogP contribution in [-0.4, -0.2) is 0 Å². The van der Waals surface area contributed by atoms with Crippen LogP contribution >= 0.6 is 0 Å². The van der Waals surface area contributed by atoms with Crippen molar-refractivity contribution >= 4 is 0 Å². The smallest absolute Gasteiger partial charge is 0.0991 e. The minimum Gasteiger partial charge on any atom is -0.193 e. The van der Waals surface area contributed by atoms with Crippen molar-refractivity contribution in [1.82, 2.24) is 0 Å². The normalized spacial score (nSPS) is 21.7. The summed E-state index contributed by atoms with van der Waals surface area (Å²) in [5.74, 6) is 1.50. The summed E-state index contributed by atoms with van der Waals surface area (Å²) in [6.07, 6.45) is 15.1. The number of aryl methyl sites for hydroxylation is 1. The lowest BCUT2D eigenvalue weighted by atomic mass is 9.79. The van der Waals surface area contributed by atoms with E-state index in [0.29, 0.717) is 5.92 Å². The molecule has 1 aliphatic carbocycles. The highest BCUT2D eigenvalue weighted by molar-refractivity contribution is 5.31. The van der Waals surface area contributed by atoms with Crippen LogP contribution in [0.25, 0.3) is 0 Å². The van der Waals surface area contributed by atoms with Gasteiger partial charge in [-0.2, -0.15) is 10.5 Å². The molecule has 0 aromatic heterocycles. The van der Waals surface area contributed by atoms with Crippen molar-refractivity contribution in [2.75, 3.05) is 0 Å². The summed E-state index contributed by atoms with van der Waals surface area (Å²) in [6, 6.07) is 12.1. The summed E-state index contributed by atoms with van der Waals surface area (Å²) in [7, 11) is 0. The summed E-state index contributed by atoms with van der Waals surface area (Å²) in [5, 5.41) is 17.2. The van der Waals surface area contributed by atoms with Crippen molar-refractivity contribution in [3.8, 4) is 12.1 Å². The van der Waals surface area contributed by atoms with Crippen LogP contribution in [0, 0.1) is 34.5 Å². The predicted octanol–water partition coefficient (Wildman–Crippen LogP) is 4.93. The van der Waals surface area contributed by atoms with Gasteiger partial charge in [0.1, 0.15) is 0 Å². The van der Waals surface area contributed by atoms with Gasteiger partial charge in [-0.1, -0.05) is 30.4 Å². The lowest BCUT2D eigenvalue weighted by molar-refractivity contribution is 0.296. The third-order valence-corrected chi connectivity index (χ3v) is 4.48. The first-order chi connectivity index (χ1) is 10.8. The SMILES string of the molecule is N#CC=CC=CC1CCC(CCc2ccc(C#N)cc2)CC1. The summed E-state index contributed by atoms with van der Waals surface area (Å²) in [5.41, 5.74) is 2.07. The summed E-state index contributed by atoms with van der Waals surface area (Å²) >= 11 is 0. The second kappa shape index (κ2) is 8.85. The zero-order valence-electron chi connectivity index (χ0n) is 12.9. The van der Waals surface area contributed by atoms with Crippen LogP contribution in [0.5, 0.6) is 0 Å². The maximum absolute atomic E-state index is 8.80. The highest BCUT2D eigenvalue weighted by Gasteiger charge is 2.19. The van der Waals surface area contributed by atoms with Crippen LogP contribution in [0.4, 0.5) is 0 Å². The van der Waals surface area contributed by atoms with Gasteiger partial charge in [0, 0.05) is 6.08 Å². The second-order valence-corrected chi connectivity index (χ2v) is 6.00. The monoisotopic (exact) mass is 290 g/mol. The third kappa shape index (κ3) is 5.23. The predicted molar refractivity (Wildman–Crippen MR) is 88.8 cm³/mol. The van der Waals surface area contributed by atoms with E-state index < -0.39 is 0 Å². The maximum Gasteiger partial charge on any atom is 0.0991 e. The molecule has 1 saturated carbocycles. The molecular formula is C20H22N2. The number of nitrogens with zero attached hydrogens (tertiary/aromatic N) is 2. The van der Waals surface area contributed by atoms with Crippen LogP contribution in [0.15, 0.2) is 48.6 Å². The standard InChI is InChI=1S/C20H22N2/c21-15-3-1-2-4-17-5-7-18(8-6-17)9-10-19-11-13-20(16-22)14-12-19/h1-4,11-14,17-18H,5-10H2. The number of benzene rings is 1. The molecule has 0 unspecified atom stereocenters. The molecule has 1 aromatic carbocycles. The van der Waals surface area contributed by atoms with Crippen molar-refractivity contribution in [2.45, 2.75) is 38.5 Å². The van der Waals surface area contributed by atoms with Gasteiger partial charge in [0.25, 0.3) is 0 Å². The van der Waals surface area contributed by atoms with Crippen molar-refractivity contribution < 1.29 is 0 Å². The molecule has 0 saturated heterocycles. The van der Waals surface area contributed by atoms with Gasteiger partial charge in [0.2, 0.25) is 0 Å². The molecule has 0 N–H and O–H groups in total. The van der Waals surface area contributed by atoms with E-state index in [1.54, 1.807) is 0 Å². The first kappa shape index (κ1) is 16.1. The highest BCUT2D eigenvalue weighted by Crippen LogP contribution is 2.32. The number of allylic oxidation sites excluding steroid dienone is 4. The molecule has 2 heteroatoms. The Balaban J connectivity index is 1.71. The van der Waals surface area contributed by atoms with Crippen LogP contribution in [0.2, 0.25) is 0 Å². The van der Waals surface area contributed by atoms with Gasteiger partial charge in [0.05, 0.1) is 17.7 Å². The van der Waals surface area contributed by atoms with Gasteiger partial charge in [-0.25, -0.2) is 0 Å². The third-order valence-electron chi connectivity index (χ3n) is 4.48. The van der Waals surface area contributed by atoms with Gasteiger partial charge in [0.15, 0.2) is 0 Å². The first-order valence-electron chi connectivity index (χ1n) is 8.04. The molecule has 0 radical (unpaired) electrons. The van der Waals surface area contributed by atoms with E-state index >= 15 is 0 Å². The molecule has 2 rings (SSSR count). The molecule has 0 bridgehead atoms. The molecule has 0 amide bonds. The van der Waals surface area contributed by atoms with E-state index in [2.05, 4.69) is 24.3 Å². The Morgan fingerprint density at radius 2 is 1.73 bits per heavy atom. The maximum atomic E-state index is 8.80. The molecule has 0 atom stereocenters. The Hall–Kier alpha value is -2.32. The summed E-state index contributed by atoms with van der Waals surface area (Å²) in [4.78, 5) is 0. The van der Waals surface area contributed by atoms with Crippen molar-refractivity contribution in [3.63, 3.8) is 0 Å². The fourth-order valence-corrected chi connectivity index (χ4v) is 3.11. The zero-order chi connectivity index (χ0) is 15.6. The van der Waals surface area contributed by atoms with Crippen LogP contribution < -0.4 is 0 Å². The van der Waals surface area contributed by atoms with Crippen molar-refractivity contribution in [2.24, 2.45) is 11.8 Å². The number of hydrogen-bond acceptors (Lipinski definition) is 2. The molecular weight excluding hydrogens is 268 g/mol. The fourth-order valence-electron chi connectivity index (χ4n) is 3.11. The van der Waals surface area contributed by atoms with E-state index in [0.717, 1.165) is 17.9 Å². The Labute approximate surface area is 133 Å². The fraction of sp³-hybridized carbons (Fsp3) is 0.400. The van der Waals surface area contributed by atoms with Gasteiger partial charge in [-0.3, -0.25) is 0 Å². The van der Waals surface area contributed by atoms with Crippen molar-refractivity contribution in [1.29, 1.82) is 10.5 Å². The minimum atomic E-state index is 0.675.